The van der Waals surface area contributed by atoms with Crippen LogP contribution in [0.4, 0.5) is 10.5 Å². The summed E-state index contributed by atoms with van der Waals surface area (Å²) in [5.41, 5.74) is 2.26. The van der Waals surface area contributed by atoms with Crippen molar-refractivity contribution in [3.63, 3.8) is 0 Å². The van der Waals surface area contributed by atoms with Gasteiger partial charge >= 0.3 is 6.03 Å². The Kier molecular flexibility index (Phi) is 10.1. The van der Waals surface area contributed by atoms with E-state index in [1.165, 1.54) is 5.56 Å². The number of rotatable bonds is 6. The summed E-state index contributed by atoms with van der Waals surface area (Å²) in [5, 5.41) is 5.63. The van der Waals surface area contributed by atoms with Gasteiger partial charge in [-0.2, -0.15) is 0 Å². The number of hydrogen-bond acceptors (Lipinski definition) is 5. The number of amides is 3. The van der Waals surface area contributed by atoms with Crippen LogP contribution in [-0.2, 0) is 11.3 Å². The third kappa shape index (κ3) is 7.45. The lowest BCUT2D eigenvalue weighted by Crippen LogP contribution is -2.46. The zero-order valence-electron chi connectivity index (χ0n) is 22.1. The number of carbonyl (C=O) groups is 2. The van der Waals surface area contributed by atoms with Gasteiger partial charge in [-0.1, -0.05) is 44.2 Å². The first-order chi connectivity index (χ1) is 17.3. The number of hydrogen-bond donors (Lipinski definition) is 2. The van der Waals surface area contributed by atoms with Gasteiger partial charge in [0.2, 0.25) is 0 Å². The molecule has 0 radical (unpaired) electrons. The molecule has 196 valence electrons. The second-order valence-corrected chi connectivity index (χ2v) is 9.60. The first-order valence-corrected chi connectivity index (χ1v) is 12.7. The van der Waals surface area contributed by atoms with Gasteiger partial charge in [-0.25, -0.2) is 4.79 Å². The molecule has 3 atom stereocenters. The summed E-state index contributed by atoms with van der Waals surface area (Å²) in [5.74, 6) is 0.508. The monoisotopic (exact) mass is 496 g/mol. The van der Waals surface area contributed by atoms with Crippen LogP contribution in [0, 0.1) is 5.92 Å². The number of methoxy groups -OCH3 is 1. The van der Waals surface area contributed by atoms with Crippen LogP contribution >= 0.6 is 0 Å². The van der Waals surface area contributed by atoms with Crippen LogP contribution in [0.3, 0.4) is 0 Å². The lowest BCUT2D eigenvalue weighted by molar-refractivity contribution is 0.00922. The van der Waals surface area contributed by atoms with E-state index in [0.29, 0.717) is 36.7 Å². The summed E-state index contributed by atoms with van der Waals surface area (Å²) in [6, 6.07) is 15.4. The van der Waals surface area contributed by atoms with Gasteiger partial charge in [-0.15, -0.1) is 0 Å². The van der Waals surface area contributed by atoms with Crippen molar-refractivity contribution in [3.05, 3.63) is 59.7 Å². The molecule has 0 saturated heterocycles. The van der Waals surface area contributed by atoms with Gasteiger partial charge in [-0.3, -0.25) is 9.69 Å². The Hall–Kier alpha value is -3.10. The highest BCUT2D eigenvalue weighted by Crippen LogP contribution is 2.27. The molecule has 0 saturated carbocycles. The van der Waals surface area contributed by atoms with Crippen molar-refractivity contribution in [2.45, 2.75) is 45.9 Å². The molecule has 0 aliphatic carbocycles. The van der Waals surface area contributed by atoms with Gasteiger partial charge < -0.3 is 25.0 Å². The second-order valence-electron chi connectivity index (χ2n) is 9.60. The van der Waals surface area contributed by atoms with Crippen molar-refractivity contribution in [2.24, 2.45) is 5.92 Å². The summed E-state index contributed by atoms with van der Waals surface area (Å²) >= 11 is 0. The molecule has 2 aromatic carbocycles. The summed E-state index contributed by atoms with van der Waals surface area (Å²) in [6.45, 7) is 9.32. The molecule has 0 spiro atoms. The smallest absolute Gasteiger partial charge is 0.319 e. The molecule has 0 fully saturated rings. The molecular weight excluding hydrogens is 456 g/mol. The van der Waals surface area contributed by atoms with E-state index in [2.05, 4.69) is 53.6 Å². The van der Waals surface area contributed by atoms with E-state index in [0.717, 1.165) is 19.5 Å². The van der Waals surface area contributed by atoms with Crippen molar-refractivity contribution < 1.29 is 19.1 Å². The number of benzene rings is 2. The van der Waals surface area contributed by atoms with Crippen LogP contribution in [0.15, 0.2) is 48.5 Å². The number of nitrogens with zero attached hydrogens (tertiary/aromatic N) is 2. The fourth-order valence-corrected chi connectivity index (χ4v) is 4.38. The van der Waals surface area contributed by atoms with Gasteiger partial charge in [0.15, 0.2) is 0 Å². The predicted octanol–water partition coefficient (Wildman–Crippen LogP) is 4.22. The zero-order chi connectivity index (χ0) is 26.1. The molecule has 0 unspecified atom stereocenters. The van der Waals surface area contributed by atoms with Crippen molar-refractivity contribution >= 4 is 17.6 Å². The fraction of sp³-hybridized carbons (Fsp3) is 0.500. The van der Waals surface area contributed by atoms with E-state index in [-0.39, 0.29) is 30.0 Å². The Morgan fingerprint density at radius 2 is 1.89 bits per heavy atom. The quantitative estimate of drug-likeness (QED) is 0.626. The maximum Gasteiger partial charge on any atom is 0.319 e. The Balaban J connectivity index is 1.90. The Morgan fingerprint density at radius 3 is 2.58 bits per heavy atom. The molecule has 1 heterocycles. The van der Waals surface area contributed by atoms with Crippen LogP contribution in [0.25, 0.3) is 0 Å². The zero-order valence-corrected chi connectivity index (χ0v) is 22.1. The van der Waals surface area contributed by atoms with E-state index < -0.39 is 0 Å². The van der Waals surface area contributed by atoms with E-state index in [9.17, 15) is 9.59 Å². The normalized spacial score (nSPS) is 21.5. The summed E-state index contributed by atoms with van der Waals surface area (Å²) in [7, 11) is 3.49. The molecule has 1 aliphatic rings. The highest BCUT2D eigenvalue weighted by Gasteiger charge is 2.28. The molecule has 0 aromatic heterocycles. The third-order valence-electron chi connectivity index (χ3n) is 6.60. The van der Waals surface area contributed by atoms with E-state index >= 15 is 0 Å². The largest absolute Gasteiger partial charge is 0.491 e. The molecule has 2 N–H and O–H groups in total. The summed E-state index contributed by atoms with van der Waals surface area (Å²) < 4.78 is 12.1. The standard InChI is InChI=1S/C28H40N4O4/c1-6-14-29-28(34)30-23-12-13-24-25(15-23)36-19-21(3)32(17-22-10-8-7-9-11-22)16-20(2)26(35-5)18-31(4)27(24)33/h7-13,15,20-21,26H,6,14,16-19H2,1-5H3,(H2,29,30,34)/t20-,21+,26+/m1/s1. The van der Waals surface area contributed by atoms with Crippen molar-refractivity contribution in [2.75, 3.05) is 45.7 Å². The average molecular weight is 497 g/mol. The van der Waals surface area contributed by atoms with Crippen LogP contribution in [0.2, 0.25) is 0 Å². The van der Waals surface area contributed by atoms with Crippen molar-refractivity contribution in [3.8, 4) is 5.75 Å². The van der Waals surface area contributed by atoms with Crippen molar-refractivity contribution in [1.82, 2.24) is 15.1 Å². The highest BCUT2D eigenvalue weighted by atomic mass is 16.5. The number of likely N-dealkylation sites (N-methyl/N-ethyl adjacent to an activating group) is 1. The molecule has 1 aliphatic heterocycles. The first-order valence-electron chi connectivity index (χ1n) is 12.7. The van der Waals surface area contributed by atoms with Crippen LogP contribution in [0.5, 0.6) is 5.75 Å². The second kappa shape index (κ2) is 13.3. The van der Waals surface area contributed by atoms with Crippen LogP contribution < -0.4 is 15.4 Å². The van der Waals surface area contributed by atoms with Gasteiger partial charge in [0.05, 0.1) is 11.7 Å². The number of anilines is 1. The maximum absolute atomic E-state index is 13.4. The lowest BCUT2D eigenvalue weighted by atomic mass is 10.0. The van der Waals surface area contributed by atoms with Crippen LogP contribution in [0.1, 0.15) is 43.1 Å². The molecule has 0 bridgehead atoms. The molecular formula is C28H40N4O4. The Morgan fingerprint density at radius 1 is 1.14 bits per heavy atom. The number of nitrogens with one attached hydrogen (secondary N) is 2. The lowest BCUT2D eigenvalue weighted by Gasteiger charge is -2.36. The minimum absolute atomic E-state index is 0.0785. The van der Waals surface area contributed by atoms with Gasteiger partial charge in [0, 0.05) is 58.1 Å². The Labute approximate surface area is 214 Å². The molecule has 36 heavy (non-hydrogen) atoms. The van der Waals surface area contributed by atoms with E-state index in [4.69, 9.17) is 9.47 Å². The highest BCUT2D eigenvalue weighted by molar-refractivity contribution is 5.98. The SMILES string of the molecule is CCCNC(=O)Nc1ccc2c(c1)OC[C@H](C)N(Cc1ccccc1)C[C@@H](C)[C@@H](OC)CN(C)C2=O. The molecule has 2 aromatic rings. The van der Waals surface area contributed by atoms with Crippen molar-refractivity contribution in [1.29, 1.82) is 0 Å². The minimum atomic E-state index is -0.285. The third-order valence-corrected chi connectivity index (χ3v) is 6.60. The molecule has 3 amide bonds. The Bertz CT molecular complexity index is 1000. The van der Waals surface area contributed by atoms with E-state index in [1.807, 2.05) is 13.0 Å². The van der Waals surface area contributed by atoms with E-state index in [1.54, 1.807) is 37.3 Å². The van der Waals surface area contributed by atoms with Gasteiger partial charge in [0.1, 0.15) is 12.4 Å². The topological polar surface area (TPSA) is 83.1 Å². The molecule has 8 nitrogen and oxygen atoms in total. The maximum atomic E-state index is 13.4. The molecule has 3 rings (SSSR count). The minimum Gasteiger partial charge on any atom is -0.491 e. The number of fused-ring (bicyclic) bond motifs is 1. The summed E-state index contributed by atoms with van der Waals surface area (Å²) in [6.07, 6.45) is 0.733. The number of carbonyl (C=O) groups excluding carboxylic acids is 2. The first kappa shape index (κ1) is 27.5. The van der Waals surface area contributed by atoms with Gasteiger partial charge in [-0.05, 0) is 37.0 Å². The fourth-order valence-electron chi connectivity index (χ4n) is 4.38. The van der Waals surface area contributed by atoms with Crippen LogP contribution in [-0.4, -0.2) is 74.3 Å². The average Bonchev–Trinajstić information content (AvgIpc) is 2.88. The molecule has 8 heteroatoms. The number of ether oxygens (including phenoxy) is 2. The summed E-state index contributed by atoms with van der Waals surface area (Å²) in [4.78, 5) is 29.6. The number of urea groups is 1. The predicted molar refractivity (Wildman–Crippen MR) is 142 cm³/mol. The van der Waals surface area contributed by atoms with Gasteiger partial charge in [0.25, 0.3) is 5.91 Å².